The molecule has 128 valence electrons. The zero-order chi connectivity index (χ0) is 17.4. The number of aryl methyl sites for hydroxylation is 1. The summed E-state index contributed by atoms with van der Waals surface area (Å²) in [4.78, 5) is 16.5. The first-order chi connectivity index (χ1) is 12.1. The fraction of sp³-hybridized carbons (Fsp3) is 0.278. The highest BCUT2D eigenvalue weighted by molar-refractivity contribution is 5.95. The Bertz CT molecular complexity index is 930. The number of benzene rings is 1. The van der Waals surface area contributed by atoms with E-state index in [0.717, 1.165) is 5.82 Å². The van der Waals surface area contributed by atoms with Crippen LogP contribution >= 0.6 is 0 Å². The molecule has 25 heavy (non-hydrogen) atoms. The lowest BCUT2D eigenvalue weighted by molar-refractivity contribution is 0.0746. The molecule has 1 aromatic carbocycles. The van der Waals surface area contributed by atoms with Gasteiger partial charge in [0.25, 0.3) is 5.91 Å². The number of amides is 1. The third kappa shape index (κ3) is 2.82. The van der Waals surface area contributed by atoms with Crippen molar-refractivity contribution < 1.29 is 9.18 Å². The van der Waals surface area contributed by atoms with Crippen LogP contribution in [0.4, 0.5) is 10.1 Å². The van der Waals surface area contributed by atoms with E-state index in [2.05, 4.69) is 10.2 Å². The van der Waals surface area contributed by atoms with Gasteiger partial charge in [0.05, 0.1) is 5.69 Å². The lowest BCUT2D eigenvalue weighted by Gasteiger charge is -2.36. The lowest BCUT2D eigenvalue weighted by Crippen LogP contribution is -2.49. The van der Waals surface area contributed by atoms with Gasteiger partial charge < -0.3 is 9.80 Å². The van der Waals surface area contributed by atoms with Gasteiger partial charge in [0, 0.05) is 37.9 Å². The molecule has 3 aromatic rings. The second-order valence-electron chi connectivity index (χ2n) is 6.12. The minimum absolute atomic E-state index is 0.0312. The van der Waals surface area contributed by atoms with Crippen molar-refractivity contribution in [3.05, 3.63) is 59.8 Å². The van der Waals surface area contributed by atoms with Gasteiger partial charge in [-0.15, -0.1) is 10.2 Å². The summed E-state index contributed by atoms with van der Waals surface area (Å²) in [5.74, 6) is 0.527. The van der Waals surface area contributed by atoms with Crippen molar-refractivity contribution in [2.45, 2.75) is 6.92 Å². The van der Waals surface area contributed by atoms with Gasteiger partial charge in [-0.1, -0.05) is 12.1 Å². The molecule has 4 rings (SSSR count). The summed E-state index contributed by atoms with van der Waals surface area (Å²) >= 11 is 0. The summed E-state index contributed by atoms with van der Waals surface area (Å²) in [5.41, 5.74) is 1.85. The molecule has 2 aromatic heterocycles. The smallest absolute Gasteiger partial charge is 0.254 e. The molecule has 1 amide bonds. The monoisotopic (exact) mass is 339 g/mol. The van der Waals surface area contributed by atoms with Crippen molar-refractivity contribution in [2.75, 3.05) is 31.1 Å². The molecular formula is C18H18FN5O. The van der Waals surface area contributed by atoms with E-state index in [1.807, 2.05) is 28.5 Å². The van der Waals surface area contributed by atoms with E-state index in [4.69, 9.17) is 0 Å². The fourth-order valence-corrected chi connectivity index (χ4v) is 3.18. The molecule has 1 saturated heterocycles. The molecule has 0 unspecified atom stereocenters. The molecule has 0 atom stereocenters. The zero-order valence-corrected chi connectivity index (χ0v) is 13.9. The van der Waals surface area contributed by atoms with Crippen LogP contribution in [0.25, 0.3) is 5.65 Å². The zero-order valence-electron chi connectivity index (χ0n) is 13.9. The van der Waals surface area contributed by atoms with Gasteiger partial charge in [0.1, 0.15) is 11.6 Å². The Kier molecular flexibility index (Phi) is 3.83. The number of halogens is 1. The molecule has 1 fully saturated rings. The predicted octanol–water partition coefficient (Wildman–Crippen LogP) is 2.14. The number of pyridine rings is 1. The number of hydrogen-bond acceptors (Lipinski definition) is 4. The Morgan fingerprint density at radius 1 is 1.08 bits per heavy atom. The second kappa shape index (κ2) is 6.16. The Balaban J connectivity index is 1.48. The van der Waals surface area contributed by atoms with Gasteiger partial charge in [-0.25, -0.2) is 4.39 Å². The van der Waals surface area contributed by atoms with Crippen LogP contribution in [0, 0.1) is 12.7 Å². The number of piperazine rings is 1. The molecule has 0 radical (unpaired) electrons. The van der Waals surface area contributed by atoms with E-state index in [1.54, 1.807) is 29.2 Å². The van der Waals surface area contributed by atoms with Crippen molar-refractivity contribution in [1.82, 2.24) is 19.5 Å². The third-order valence-electron chi connectivity index (χ3n) is 4.59. The number of fused-ring (bicyclic) bond motifs is 1. The standard InChI is InChI=1S/C18H18FN5O/c1-13-20-21-17-12-14(6-7-24(13)17)18(25)23-10-8-22(9-11-23)16-5-3-2-4-15(16)19/h2-7,12H,8-11H2,1H3. The van der Waals surface area contributed by atoms with E-state index >= 15 is 0 Å². The number of anilines is 1. The van der Waals surface area contributed by atoms with E-state index in [-0.39, 0.29) is 11.7 Å². The van der Waals surface area contributed by atoms with Crippen molar-refractivity contribution >= 4 is 17.2 Å². The number of carbonyl (C=O) groups excluding carboxylic acids is 1. The van der Waals surface area contributed by atoms with Crippen LogP contribution in [0.5, 0.6) is 0 Å². The van der Waals surface area contributed by atoms with Crippen LogP contribution in [-0.4, -0.2) is 51.6 Å². The average molecular weight is 339 g/mol. The van der Waals surface area contributed by atoms with Gasteiger partial charge >= 0.3 is 0 Å². The molecule has 6 nitrogen and oxygen atoms in total. The van der Waals surface area contributed by atoms with Crippen LogP contribution < -0.4 is 4.90 Å². The highest BCUT2D eigenvalue weighted by Gasteiger charge is 2.23. The molecule has 7 heteroatoms. The summed E-state index contributed by atoms with van der Waals surface area (Å²) in [7, 11) is 0. The fourth-order valence-electron chi connectivity index (χ4n) is 3.18. The first-order valence-electron chi connectivity index (χ1n) is 8.23. The lowest BCUT2D eigenvalue weighted by atomic mass is 10.2. The summed E-state index contributed by atoms with van der Waals surface area (Å²) < 4.78 is 15.7. The van der Waals surface area contributed by atoms with Crippen molar-refractivity contribution in [1.29, 1.82) is 0 Å². The molecule has 1 aliphatic heterocycles. The van der Waals surface area contributed by atoms with E-state index in [9.17, 15) is 9.18 Å². The topological polar surface area (TPSA) is 53.7 Å². The molecule has 0 spiro atoms. The maximum Gasteiger partial charge on any atom is 0.254 e. The Morgan fingerprint density at radius 2 is 1.84 bits per heavy atom. The quantitative estimate of drug-likeness (QED) is 0.718. The van der Waals surface area contributed by atoms with Crippen molar-refractivity contribution in [3.8, 4) is 0 Å². The van der Waals surface area contributed by atoms with Gasteiger partial charge in [-0.3, -0.25) is 9.20 Å². The maximum atomic E-state index is 13.9. The molecule has 1 aliphatic rings. The summed E-state index contributed by atoms with van der Waals surface area (Å²) in [6.07, 6.45) is 1.81. The SMILES string of the molecule is Cc1nnc2cc(C(=O)N3CCN(c4ccccc4F)CC3)ccn12. The van der Waals surface area contributed by atoms with Crippen LogP contribution in [0.3, 0.4) is 0 Å². The number of nitrogens with zero attached hydrogens (tertiary/aromatic N) is 5. The highest BCUT2D eigenvalue weighted by atomic mass is 19.1. The molecule has 0 saturated carbocycles. The summed E-state index contributed by atoms with van der Waals surface area (Å²) in [5, 5.41) is 8.07. The number of para-hydroxylation sites is 1. The number of aromatic nitrogens is 3. The predicted molar refractivity (Wildman–Crippen MR) is 92.2 cm³/mol. The molecule has 0 bridgehead atoms. The van der Waals surface area contributed by atoms with Gasteiger partial charge in [-0.05, 0) is 31.2 Å². The molecule has 0 aliphatic carbocycles. The normalized spacial score (nSPS) is 15.0. The molecule has 3 heterocycles. The van der Waals surface area contributed by atoms with E-state index in [1.165, 1.54) is 6.07 Å². The first-order valence-corrected chi connectivity index (χ1v) is 8.23. The third-order valence-corrected chi connectivity index (χ3v) is 4.59. The Labute approximate surface area is 144 Å². The van der Waals surface area contributed by atoms with Crippen molar-refractivity contribution in [2.24, 2.45) is 0 Å². The number of carbonyl (C=O) groups is 1. The molecular weight excluding hydrogens is 321 g/mol. The largest absolute Gasteiger partial charge is 0.366 e. The second-order valence-corrected chi connectivity index (χ2v) is 6.12. The van der Waals surface area contributed by atoms with Gasteiger partial charge in [-0.2, -0.15) is 0 Å². The minimum Gasteiger partial charge on any atom is -0.366 e. The van der Waals surface area contributed by atoms with Crippen LogP contribution in [0.1, 0.15) is 16.2 Å². The van der Waals surface area contributed by atoms with Crippen LogP contribution in [0.15, 0.2) is 42.6 Å². The Hall–Kier alpha value is -2.96. The number of rotatable bonds is 2. The van der Waals surface area contributed by atoms with Gasteiger partial charge in [0.15, 0.2) is 5.65 Å². The van der Waals surface area contributed by atoms with Crippen molar-refractivity contribution in [3.63, 3.8) is 0 Å². The molecule has 0 N–H and O–H groups in total. The van der Waals surface area contributed by atoms with Gasteiger partial charge in [0.2, 0.25) is 0 Å². The van der Waals surface area contributed by atoms with E-state index in [0.29, 0.717) is 43.1 Å². The summed E-state index contributed by atoms with van der Waals surface area (Å²) in [6, 6.07) is 10.3. The highest BCUT2D eigenvalue weighted by Crippen LogP contribution is 2.21. The number of hydrogen-bond donors (Lipinski definition) is 0. The minimum atomic E-state index is -0.227. The Morgan fingerprint density at radius 3 is 2.60 bits per heavy atom. The maximum absolute atomic E-state index is 13.9. The average Bonchev–Trinajstić information content (AvgIpc) is 3.02. The van der Waals surface area contributed by atoms with E-state index < -0.39 is 0 Å². The first kappa shape index (κ1) is 15.6. The van der Waals surface area contributed by atoms with Crippen LogP contribution in [0.2, 0.25) is 0 Å². The van der Waals surface area contributed by atoms with Crippen LogP contribution in [-0.2, 0) is 0 Å². The summed E-state index contributed by atoms with van der Waals surface area (Å²) in [6.45, 7) is 4.20.